The van der Waals surface area contributed by atoms with Crippen molar-refractivity contribution >= 4 is 27.5 Å². The first-order chi connectivity index (χ1) is 9.85. The quantitative estimate of drug-likeness (QED) is 0.629. The first kappa shape index (κ1) is 15.9. The Kier molecular flexibility index (Phi) is 4.60. The molecule has 0 saturated carbocycles. The van der Waals surface area contributed by atoms with Crippen molar-refractivity contribution in [3.8, 4) is 0 Å². The Morgan fingerprint density at radius 1 is 1.67 bits per heavy atom. The maximum absolute atomic E-state index is 12.1. The number of aliphatic hydroxyl groups is 1. The summed E-state index contributed by atoms with van der Waals surface area (Å²) in [6.45, 7) is 2.21. The van der Waals surface area contributed by atoms with Gasteiger partial charge < -0.3 is 15.2 Å². The molecule has 0 radical (unpaired) electrons. The van der Waals surface area contributed by atoms with Crippen LogP contribution in [0.2, 0.25) is 0 Å². The molecular formula is C13H15BrN2O5. The lowest BCUT2D eigenvalue weighted by Crippen LogP contribution is -2.47. The molecule has 2 atom stereocenters. The fourth-order valence-corrected chi connectivity index (χ4v) is 2.76. The third-order valence-electron chi connectivity index (χ3n) is 3.63. The van der Waals surface area contributed by atoms with Gasteiger partial charge in [0.15, 0.2) is 0 Å². The van der Waals surface area contributed by atoms with Crippen molar-refractivity contribution in [2.75, 3.05) is 13.2 Å². The number of nitro groups is 1. The van der Waals surface area contributed by atoms with Crippen LogP contribution in [0.5, 0.6) is 0 Å². The minimum absolute atomic E-state index is 0.0299. The highest BCUT2D eigenvalue weighted by atomic mass is 79.9. The average Bonchev–Trinajstić information content (AvgIpc) is 2.76. The van der Waals surface area contributed by atoms with E-state index in [4.69, 9.17) is 4.74 Å². The fourth-order valence-electron chi connectivity index (χ4n) is 2.17. The van der Waals surface area contributed by atoms with Gasteiger partial charge in [0, 0.05) is 25.6 Å². The van der Waals surface area contributed by atoms with Gasteiger partial charge in [-0.1, -0.05) is 6.07 Å². The number of rotatable bonds is 4. The number of hydrogen-bond acceptors (Lipinski definition) is 5. The number of nitrogens with zero attached hydrogens (tertiary/aromatic N) is 1. The minimum Gasteiger partial charge on any atom is -0.385 e. The number of nitrogens with one attached hydrogen (secondary N) is 1. The molecule has 8 heteroatoms. The zero-order valence-corrected chi connectivity index (χ0v) is 12.9. The van der Waals surface area contributed by atoms with Crippen LogP contribution >= 0.6 is 15.9 Å². The molecule has 0 aromatic heterocycles. The molecule has 0 spiro atoms. The molecule has 2 rings (SSSR count). The van der Waals surface area contributed by atoms with Crippen LogP contribution in [0.25, 0.3) is 0 Å². The van der Waals surface area contributed by atoms with Crippen molar-refractivity contribution in [2.24, 2.45) is 0 Å². The van der Waals surface area contributed by atoms with Crippen molar-refractivity contribution < 1.29 is 19.6 Å². The Bertz CT molecular complexity index is 580. The van der Waals surface area contributed by atoms with Crippen LogP contribution in [0, 0.1) is 10.1 Å². The van der Waals surface area contributed by atoms with Gasteiger partial charge in [-0.15, -0.1) is 0 Å². The lowest BCUT2D eigenvalue weighted by Gasteiger charge is -2.26. The van der Waals surface area contributed by atoms with Crippen molar-refractivity contribution in [1.29, 1.82) is 0 Å². The average molecular weight is 359 g/mol. The molecule has 1 fully saturated rings. The summed E-state index contributed by atoms with van der Waals surface area (Å²) >= 11 is 3.07. The predicted molar refractivity (Wildman–Crippen MR) is 78.1 cm³/mol. The first-order valence-corrected chi connectivity index (χ1v) is 7.19. The van der Waals surface area contributed by atoms with Crippen LogP contribution in [-0.2, 0) is 4.74 Å². The Labute approximate surface area is 129 Å². The summed E-state index contributed by atoms with van der Waals surface area (Å²) in [7, 11) is 0. The third-order valence-corrected chi connectivity index (χ3v) is 4.47. The van der Waals surface area contributed by atoms with Gasteiger partial charge >= 0.3 is 0 Å². The summed E-state index contributed by atoms with van der Waals surface area (Å²) in [5, 5.41) is 23.8. The SMILES string of the molecule is CC1OCCC1(O)CNC(=O)c1cccc([N+](=O)[O-])c1Br. The molecule has 2 unspecified atom stereocenters. The summed E-state index contributed by atoms with van der Waals surface area (Å²) in [5.41, 5.74) is -1.14. The van der Waals surface area contributed by atoms with Crippen LogP contribution in [-0.4, -0.2) is 40.8 Å². The van der Waals surface area contributed by atoms with Gasteiger partial charge in [0.1, 0.15) is 10.1 Å². The summed E-state index contributed by atoms with van der Waals surface area (Å²) in [6, 6.07) is 4.22. The van der Waals surface area contributed by atoms with Crippen LogP contribution in [0.15, 0.2) is 22.7 Å². The highest BCUT2D eigenvalue weighted by Gasteiger charge is 2.39. The topological polar surface area (TPSA) is 102 Å². The molecule has 1 saturated heterocycles. The highest BCUT2D eigenvalue weighted by molar-refractivity contribution is 9.10. The van der Waals surface area contributed by atoms with E-state index >= 15 is 0 Å². The van der Waals surface area contributed by atoms with E-state index < -0.39 is 16.4 Å². The van der Waals surface area contributed by atoms with E-state index in [1.807, 2.05) is 0 Å². The number of carbonyl (C=O) groups is 1. The van der Waals surface area contributed by atoms with Crippen molar-refractivity contribution in [3.63, 3.8) is 0 Å². The maximum Gasteiger partial charge on any atom is 0.284 e. The molecule has 114 valence electrons. The lowest BCUT2D eigenvalue weighted by molar-refractivity contribution is -0.385. The van der Waals surface area contributed by atoms with Gasteiger partial charge in [-0.2, -0.15) is 0 Å². The maximum atomic E-state index is 12.1. The van der Waals surface area contributed by atoms with Crippen molar-refractivity contribution in [2.45, 2.75) is 25.0 Å². The second-order valence-electron chi connectivity index (χ2n) is 4.95. The van der Waals surface area contributed by atoms with Gasteiger partial charge in [0.2, 0.25) is 0 Å². The van der Waals surface area contributed by atoms with Crippen LogP contribution < -0.4 is 5.32 Å². The zero-order chi connectivity index (χ0) is 15.6. The second-order valence-corrected chi connectivity index (χ2v) is 5.74. The molecule has 1 amide bonds. The normalized spacial score (nSPS) is 24.8. The number of amides is 1. The molecule has 21 heavy (non-hydrogen) atoms. The number of carbonyl (C=O) groups excluding carboxylic acids is 1. The van der Waals surface area contributed by atoms with Gasteiger partial charge in [0.05, 0.1) is 16.6 Å². The van der Waals surface area contributed by atoms with E-state index in [2.05, 4.69) is 21.2 Å². The first-order valence-electron chi connectivity index (χ1n) is 6.40. The Balaban J connectivity index is 2.11. The molecule has 2 N–H and O–H groups in total. The van der Waals surface area contributed by atoms with E-state index in [0.717, 1.165) is 0 Å². The second kappa shape index (κ2) is 6.08. The summed E-state index contributed by atoms with van der Waals surface area (Å²) in [4.78, 5) is 22.4. The van der Waals surface area contributed by atoms with Gasteiger partial charge in [-0.05, 0) is 28.9 Å². The lowest BCUT2D eigenvalue weighted by atomic mass is 9.96. The molecule has 1 aromatic rings. The summed E-state index contributed by atoms with van der Waals surface area (Å²) in [6.07, 6.45) is 0.0660. The Hall–Kier alpha value is -1.51. The number of hydrogen-bond donors (Lipinski definition) is 2. The number of halogens is 1. The largest absolute Gasteiger partial charge is 0.385 e. The minimum atomic E-state index is -1.11. The fraction of sp³-hybridized carbons (Fsp3) is 0.462. The molecule has 1 aliphatic rings. The van der Waals surface area contributed by atoms with Gasteiger partial charge in [-0.25, -0.2) is 0 Å². The van der Waals surface area contributed by atoms with Crippen LogP contribution in [0.4, 0.5) is 5.69 Å². The number of benzene rings is 1. The molecule has 1 aliphatic heterocycles. The van der Waals surface area contributed by atoms with E-state index in [0.29, 0.717) is 13.0 Å². The van der Waals surface area contributed by atoms with Crippen molar-refractivity contribution in [3.05, 3.63) is 38.3 Å². The van der Waals surface area contributed by atoms with E-state index in [1.54, 1.807) is 6.92 Å². The molecule has 0 bridgehead atoms. The monoisotopic (exact) mass is 358 g/mol. The predicted octanol–water partition coefficient (Wildman–Crippen LogP) is 1.63. The van der Waals surface area contributed by atoms with Crippen LogP contribution in [0.3, 0.4) is 0 Å². The number of ether oxygens (including phenoxy) is 1. The standard InChI is InChI=1S/C13H15BrN2O5/c1-8-13(18,5-6-21-8)7-15-12(17)9-3-2-4-10(11(9)14)16(19)20/h2-4,8,18H,5-7H2,1H3,(H,15,17). The Morgan fingerprint density at radius 3 is 2.95 bits per heavy atom. The van der Waals surface area contributed by atoms with Gasteiger partial charge in [0.25, 0.3) is 11.6 Å². The third kappa shape index (κ3) is 3.22. The molecule has 7 nitrogen and oxygen atoms in total. The summed E-state index contributed by atoms with van der Waals surface area (Å²) < 4.78 is 5.40. The van der Waals surface area contributed by atoms with Gasteiger partial charge in [-0.3, -0.25) is 14.9 Å². The smallest absolute Gasteiger partial charge is 0.284 e. The molecule has 0 aliphatic carbocycles. The highest BCUT2D eigenvalue weighted by Crippen LogP contribution is 2.29. The van der Waals surface area contributed by atoms with E-state index in [1.165, 1.54) is 18.2 Å². The summed E-state index contributed by atoms with van der Waals surface area (Å²) in [5.74, 6) is -0.488. The zero-order valence-electron chi connectivity index (χ0n) is 11.3. The van der Waals surface area contributed by atoms with E-state index in [-0.39, 0.29) is 28.4 Å². The number of nitro benzene ring substituents is 1. The van der Waals surface area contributed by atoms with E-state index in [9.17, 15) is 20.0 Å². The molecule has 1 aromatic carbocycles. The van der Waals surface area contributed by atoms with Crippen LogP contribution in [0.1, 0.15) is 23.7 Å². The molecule has 1 heterocycles. The molecular weight excluding hydrogens is 344 g/mol. The Morgan fingerprint density at radius 2 is 2.38 bits per heavy atom. The van der Waals surface area contributed by atoms with Crippen molar-refractivity contribution in [1.82, 2.24) is 5.32 Å².